The molecule has 2 amide bonds. The highest BCUT2D eigenvalue weighted by atomic mass is 19.2. The number of carboxylic acid groups (broad SMARTS) is 1. The van der Waals surface area contributed by atoms with Crippen molar-refractivity contribution in [2.24, 2.45) is 11.8 Å². The summed E-state index contributed by atoms with van der Waals surface area (Å²) in [6.07, 6.45) is 6.30. The second-order valence-corrected chi connectivity index (χ2v) is 20.9. The highest BCUT2D eigenvalue weighted by molar-refractivity contribution is 5.98. The van der Waals surface area contributed by atoms with Crippen LogP contribution in [0.3, 0.4) is 0 Å². The molecule has 4 aliphatic rings. The molecule has 2 aliphatic carbocycles. The van der Waals surface area contributed by atoms with Crippen molar-refractivity contribution in [2.75, 3.05) is 9.80 Å². The van der Waals surface area contributed by atoms with Crippen LogP contribution >= 0.6 is 0 Å². The average Bonchev–Trinajstić information content (AvgIpc) is 4.30. The van der Waals surface area contributed by atoms with Crippen molar-refractivity contribution in [3.05, 3.63) is 131 Å². The number of nitrogens with zero attached hydrogens (tertiary/aromatic N) is 8. The number of aliphatic carboxylic acids is 1. The van der Waals surface area contributed by atoms with Gasteiger partial charge in [-0.2, -0.15) is 0 Å². The molecule has 0 spiro atoms. The Morgan fingerprint density at radius 1 is 0.610 bits per heavy atom. The van der Waals surface area contributed by atoms with Gasteiger partial charge in [0.15, 0.2) is 23.3 Å². The summed E-state index contributed by atoms with van der Waals surface area (Å²) in [7, 11) is 0. The third-order valence-corrected chi connectivity index (χ3v) is 16.0. The SMILES string of the molecule is CCCCC(=O)C1CC(n2c([C@@H]3CCC(=O)N3c3ccc(F)c(F)c3)nc3cc(-c4c(C)noc4C)ccc32)C1.Cc1noc(C)c1-c1ccc2c(c1)nc([C@@H]1CCC(=O)N1c1ccc(F)c(F)c1)n2C1CC(C(=O)O)C1. The predicted octanol–water partition coefficient (Wildman–Crippen LogP) is 12.7. The molecular formula is C58H56F4N8O7. The van der Waals surface area contributed by atoms with Gasteiger partial charge in [-0.3, -0.25) is 19.2 Å². The highest BCUT2D eigenvalue weighted by Gasteiger charge is 2.44. The number of aryl methyl sites for hydroxylation is 4. The fraction of sp³-hybridized carbons (Fsp3) is 0.379. The van der Waals surface area contributed by atoms with Crippen LogP contribution in [-0.4, -0.2) is 58.1 Å². The maximum absolute atomic E-state index is 14.2. The van der Waals surface area contributed by atoms with Gasteiger partial charge in [-0.05, 0) is 132 Å². The van der Waals surface area contributed by atoms with Crippen LogP contribution < -0.4 is 9.80 Å². The molecule has 19 heteroatoms. The summed E-state index contributed by atoms with van der Waals surface area (Å²) in [5.74, 6) is -2.57. The second kappa shape index (κ2) is 20.2. The fourth-order valence-corrected chi connectivity index (χ4v) is 12.0. The number of rotatable bonds is 13. The van der Waals surface area contributed by atoms with Gasteiger partial charge in [0.2, 0.25) is 11.8 Å². The number of unbranched alkanes of at least 4 members (excludes halogenated alkanes) is 1. The Hall–Kier alpha value is -7.96. The second-order valence-electron chi connectivity index (χ2n) is 20.9. The molecule has 0 radical (unpaired) electrons. The van der Waals surface area contributed by atoms with Gasteiger partial charge in [-0.15, -0.1) is 0 Å². The number of aromatic nitrogens is 6. The number of carbonyl (C=O) groups excluding carboxylic acids is 3. The first-order valence-electron chi connectivity index (χ1n) is 26.2. The van der Waals surface area contributed by atoms with E-state index < -0.39 is 47.2 Å². The van der Waals surface area contributed by atoms with E-state index in [0.717, 1.165) is 106 Å². The van der Waals surface area contributed by atoms with E-state index in [1.807, 2.05) is 68.7 Å². The molecule has 12 rings (SSSR count). The van der Waals surface area contributed by atoms with Gasteiger partial charge < -0.3 is 33.1 Å². The fourth-order valence-electron chi connectivity index (χ4n) is 12.0. The van der Waals surface area contributed by atoms with Crippen LogP contribution in [0.4, 0.5) is 28.9 Å². The summed E-state index contributed by atoms with van der Waals surface area (Å²) in [4.78, 5) is 63.3. The van der Waals surface area contributed by atoms with Crippen molar-refractivity contribution in [1.82, 2.24) is 29.4 Å². The Morgan fingerprint density at radius 2 is 1.05 bits per heavy atom. The van der Waals surface area contributed by atoms with Crippen molar-refractivity contribution < 1.29 is 50.9 Å². The molecule has 4 aromatic carbocycles. The minimum absolute atomic E-state index is 0.0240. The number of Topliss-reactive ketones (excluding diaryl/α,β-unsaturated/α-hetero) is 1. The Labute approximate surface area is 439 Å². The van der Waals surface area contributed by atoms with Crippen molar-refractivity contribution >= 4 is 57.0 Å². The van der Waals surface area contributed by atoms with Gasteiger partial charge in [-0.25, -0.2) is 27.5 Å². The Kier molecular flexibility index (Phi) is 13.4. The van der Waals surface area contributed by atoms with Crippen molar-refractivity contribution in [3.63, 3.8) is 0 Å². The van der Waals surface area contributed by atoms with Crippen LogP contribution in [-0.2, 0) is 19.2 Å². The summed E-state index contributed by atoms with van der Waals surface area (Å²) in [5.41, 5.74) is 8.92. The van der Waals surface area contributed by atoms with E-state index in [0.29, 0.717) is 66.5 Å². The molecule has 4 fully saturated rings. The van der Waals surface area contributed by atoms with E-state index in [1.54, 1.807) is 0 Å². The van der Waals surface area contributed by atoms with Gasteiger partial charge in [-0.1, -0.05) is 35.8 Å². The smallest absolute Gasteiger partial charge is 0.306 e. The first-order valence-corrected chi connectivity index (χ1v) is 26.2. The quantitative estimate of drug-likeness (QED) is 0.108. The molecule has 15 nitrogen and oxygen atoms in total. The zero-order chi connectivity index (χ0) is 54.1. The molecule has 6 heterocycles. The molecule has 1 N–H and O–H groups in total. The molecule has 77 heavy (non-hydrogen) atoms. The van der Waals surface area contributed by atoms with E-state index in [9.17, 15) is 41.8 Å². The Balaban J connectivity index is 0.000000164. The number of carbonyl (C=O) groups is 4. The summed E-state index contributed by atoms with van der Waals surface area (Å²) in [6.45, 7) is 9.56. The molecule has 2 saturated heterocycles. The third-order valence-electron chi connectivity index (χ3n) is 16.0. The lowest BCUT2D eigenvalue weighted by atomic mass is 9.76. The molecular weight excluding hydrogens is 997 g/mol. The maximum atomic E-state index is 14.2. The van der Waals surface area contributed by atoms with Gasteiger partial charge in [0, 0.05) is 71.9 Å². The van der Waals surface area contributed by atoms with Gasteiger partial charge >= 0.3 is 5.97 Å². The van der Waals surface area contributed by atoms with Crippen LogP contribution in [0.25, 0.3) is 44.3 Å². The number of hydrogen-bond acceptors (Lipinski definition) is 10. The molecule has 2 saturated carbocycles. The van der Waals surface area contributed by atoms with Crippen LogP contribution in [0.2, 0.25) is 0 Å². The molecule has 2 aliphatic heterocycles. The summed E-state index contributed by atoms with van der Waals surface area (Å²) in [6, 6.07) is 17.9. The van der Waals surface area contributed by atoms with E-state index in [4.69, 9.17) is 19.0 Å². The first kappa shape index (κ1) is 51.2. The largest absolute Gasteiger partial charge is 0.481 e. The number of halogens is 4. The standard InChI is InChI=1S/C31H32F2N4O3.C27H24F2N4O4/c1-4-5-6-28(38)20-13-22(14-20)37-26-10-7-19(30-17(2)35-40-18(30)3)15-25(26)34-31(37)27-11-12-29(39)36(27)21-8-9-23(32)24(33)16-21;1-13-25(14(2)37-31-13)15-3-6-22-21(11-15)30-26(33(22)18-9-16(10-18)27(35)36)23-7-8-24(34)32(23)17-4-5-19(28)20(29)12-17/h7-10,15-16,20,22,27H,4-6,11-14H2,1-3H3;3-6,11-12,16,18,23H,7-10H2,1-2H3,(H,35,36)/t20?,22?,27-;16?,18?,23-/m00/s1. The van der Waals surface area contributed by atoms with Crippen molar-refractivity contribution in [1.29, 1.82) is 0 Å². The van der Waals surface area contributed by atoms with Crippen LogP contribution in [0.1, 0.15) is 136 Å². The number of carboxylic acids is 1. The van der Waals surface area contributed by atoms with Gasteiger partial charge in [0.1, 0.15) is 29.0 Å². The zero-order valence-corrected chi connectivity index (χ0v) is 43.2. The normalized spacial score (nSPS) is 21.2. The van der Waals surface area contributed by atoms with Crippen LogP contribution in [0.15, 0.2) is 81.8 Å². The summed E-state index contributed by atoms with van der Waals surface area (Å²) >= 11 is 0. The number of benzene rings is 4. The first-order chi connectivity index (χ1) is 37.0. The minimum atomic E-state index is -1.03. The van der Waals surface area contributed by atoms with Crippen molar-refractivity contribution in [3.8, 4) is 22.3 Å². The lowest BCUT2D eigenvalue weighted by Crippen LogP contribution is -2.35. The minimum Gasteiger partial charge on any atom is -0.481 e. The number of imidazole rings is 2. The molecule has 2 atom stereocenters. The number of ketones is 1. The van der Waals surface area contributed by atoms with E-state index >= 15 is 0 Å². The van der Waals surface area contributed by atoms with Crippen LogP contribution in [0, 0.1) is 62.8 Å². The van der Waals surface area contributed by atoms with Crippen molar-refractivity contribution in [2.45, 2.75) is 129 Å². The van der Waals surface area contributed by atoms with Gasteiger partial charge in [0.05, 0.1) is 51.5 Å². The summed E-state index contributed by atoms with van der Waals surface area (Å²) < 4.78 is 70.6. The maximum Gasteiger partial charge on any atom is 0.306 e. The Morgan fingerprint density at radius 3 is 1.44 bits per heavy atom. The molecule has 0 unspecified atom stereocenters. The van der Waals surface area contributed by atoms with E-state index in [2.05, 4.69) is 21.8 Å². The lowest BCUT2D eigenvalue weighted by molar-refractivity contribution is -0.146. The van der Waals surface area contributed by atoms with E-state index in [-0.39, 0.29) is 48.3 Å². The number of hydrogen-bond donors (Lipinski definition) is 1. The zero-order valence-electron chi connectivity index (χ0n) is 43.2. The monoisotopic (exact) mass is 1050 g/mol. The number of anilines is 2. The molecule has 4 aromatic heterocycles. The number of amides is 2. The molecule has 8 aromatic rings. The summed E-state index contributed by atoms with van der Waals surface area (Å²) in [5, 5.41) is 17.6. The Bertz CT molecular complexity index is 3620. The van der Waals surface area contributed by atoms with Gasteiger partial charge in [0.25, 0.3) is 0 Å². The van der Waals surface area contributed by atoms with Crippen LogP contribution in [0.5, 0.6) is 0 Å². The number of fused-ring (bicyclic) bond motifs is 2. The highest BCUT2D eigenvalue weighted by Crippen LogP contribution is 2.48. The topological polar surface area (TPSA) is 183 Å². The molecule has 0 bridgehead atoms. The molecule has 398 valence electrons. The lowest BCUT2D eigenvalue weighted by Gasteiger charge is -2.38. The van der Waals surface area contributed by atoms with E-state index in [1.165, 1.54) is 21.9 Å². The third kappa shape index (κ3) is 9.15. The average molecular weight is 1050 g/mol. The predicted molar refractivity (Wildman–Crippen MR) is 277 cm³/mol.